The number of nitrogens with one attached hydrogen (secondary N) is 2. The van der Waals surface area contributed by atoms with E-state index in [2.05, 4.69) is 17.6 Å². The third kappa shape index (κ3) is 4.67. The van der Waals surface area contributed by atoms with Gasteiger partial charge in [0, 0.05) is 20.3 Å². The van der Waals surface area contributed by atoms with Crippen molar-refractivity contribution in [2.75, 3.05) is 20.3 Å². The van der Waals surface area contributed by atoms with E-state index in [9.17, 15) is 14.7 Å². The molecule has 0 radical (unpaired) electrons. The molecule has 0 atom stereocenters. The summed E-state index contributed by atoms with van der Waals surface area (Å²) in [7, 11) is 1.60. The number of hydrogen-bond donors (Lipinski definition) is 3. The van der Waals surface area contributed by atoms with Crippen LogP contribution in [0.2, 0.25) is 0 Å². The number of hydrogen-bond acceptors (Lipinski definition) is 3. The first-order valence-electron chi connectivity index (χ1n) is 7.32. The van der Waals surface area contributed by atoms with Gasteiger partial charge in [0.15, 0.2) is 0 Å². The van der Waals surface area contributed by atoms with E-state index in [1.807, 2.05) is 0 Å². The van der Waals surface area contributed by atoms with Crippen LogP contribution in [0, 0.1) is 5.92 Å². The lowest BCUT2D eigenvalue weighted by Gasteiger charge is -2.37. The van der Waals surface area contributed by atoms with Crippen LogP contribution in [0.5, 0.6) is 0 Å². The molecule has 1 rings (SSSR count). The Morgan fingerprint density at radius 2 is 2.00 bits per heavy atom. The fraction of sp³-hybridized carbons (Fsp3) is 0.857. The standard InChI is InChI=1S/C14H26N2O4/c1-3-11-5-7-14(8-6-11,12(17)18)16-13(19)15-9-4-10-20-2/h11H,3-10H2,1-2H3,(H,17,18)(H2,15,16,19). The molecule has 0 aromatic rings. The molecule has 0 heterocycles. The van der Waals surface area contributed by atoms with Gasteiger partial charge in [-0.2, -0.15) is 0 Å². The van der Waals surface area contributed by atoms with Crippen molar-refractivity contribution in [2.24, 2.45) is 5.92 Å². The number of ether oxygens (including phenoxy) is 1. The summed E-state index contributed by atoms with van der Waals surface area (Å²) >= 11 is 0. The molecule has 1 aliphatic rings. The summed E-state index contributed by atoms with van der Waals surface area (Å²) in [6.45, 7) is 3.17. The molecular formula is C14H26N2O4. The van der Waals surface area contributed by atoms with Crippen molar-refractivity contribution in [3.8, 4) is 0 Å². The highest BCUT2D eigenvalue weighted by molar-refractivity contribution is 5.86. The van der Waals surface area contributed by atoms with Gasteiger partial charge in [-0.3, -0.25) is 0 Å². The Morgan fingerprint density at radius 1 is 1.35 bits per heavy atom. The lowest BCUT2D eigenvalue weighted by atomic mass is 9.75. The maximum Gasteiger partial charge on any atom is 0.329 e. The molecule has 3 N–H and O–H groups in total. The van der Waals surface area contributed by atoms with Gasteiger partial charge in [0.05, 0.1) is 0 Å². The number of methoxy groups -OCH3 is 1. The molecule has 0 aliphatic heterocycles. The van der Waals surface area contributed by atoms with E-state index < -0.39 is 17.5 Å². The second-order valence-electron chi connectivity index (χ2n) is 5.47. The van der Waals surface area contributed by atoms with Gasteiger partial charge in [-0.1, -0.05) is 13.3 Å². The number of urea groups is 1. The van der Waals surface area contributed by atoms with Crippen molar-refractivity contribution >= 4 is 12.0 Å². The monoisotopic (exact) mass is 286 g/mol. The molecule has 116 valence electrons. The Kier molecular flexibility index (Phi) is 6.78. The third-order valence-corrected chi connectivity index (χ3v) is 4.11. The molecule has 1 aliphatic carbocycles. The van der Waals surface area contributed by atoms with Crippen LogP contribution >= 0.6 is 0 Å². The van der Waals surface area contributed by atoms with Crippen molar-refractivity contribution in [1.29, 1.82) is 0 Å². The number of aliphatic carboxylic acids is 1. The minimum Gasteiger partial charge on any atom is -0.480 e. The molecule has 0 aromatic carbocycles. The van der Waals surface area contributed by atoms with Gasteiger partial charge < -0.3 is 20.5 Å². The van der Waals surface area contributed by atoms with Crippen LogP contribution in [0.3, 0.4) is 0 Å². The first-order valence-corrected chi connectivity index (χ1v) is 7.32. The maximum atomic E-state index is 11.8. The zero-order valence-corrected chi connectivity index (χ0v) is 12.4. The Morgan fingerprint density at radius 3 is 2.50 bits per heavy atom. The molecule has 1 fully saturated rings. The fourth-order valence-electron chi connectivity index (χ4n) is 2.65. The molecule has 0 aromatic heterocycles. The quantitative estimate of drug-likeness (QED) is 0.622. The highest BCUT2D eigenvalue weighted by Gasteiger charge is 2.42. The summed E-state index contributed by atoms with van der Waals surface area (Å²) in [6, 6.07) is -0.404. The second-order valence-corrected chi connectivity index (χ2v) is 5.47. The molecule has 6 heteroatoms. The Bertz CT molecular complexity index is 325. The number of carbonyl (C=O) groups is 2. The predicted molar refractivity (Wildman–Crippen MR) is 75.6 cm³/mol. The van der Waals surface area contributed by atoms with Crippen molar-refractivity contribution in [1.82, 2.24) is 10.6 Å². The second kappa shape index (κ2) is 8.09. The summed E-state index contributed by atoms with van der Waals surface area (Å²) in [5, 5.41) is 14.8. The van der Waals surface area contributed by atoms with Crippen molar-refractivity contribution in [2.45, 2.75) is 51.0 Å². The van der Waals surface area contributed by atoms with Crippen LogP contribution in [0.4, 0.5) is 4.79 Å². The number of rotatable bonds is 7. The average molecular weight is 286 g/mol. The number of carboxylic acid groups (broad SMARTS) is 1. The fourth-order valence-corrected chi connectivity index (χ4v) is 2.65. The van der Waals surface area contributed by atoms with Gasteiger partial charge in [-0.25, -0.2) is 9.59 Å². The minimum atomic E-state index is -1.10. The number of amides is 2. The van der Waals surface area contributed by atoms with Gasteiger partial charge in [0.1, 0.15) is 5.54 Å². The summed E-state index contributed by atoms with van der Waals surface area (Å²) in [5.74, 6) is -0.354. The molecule has 0 saturated heterocycles. The van der Waals surface area contributed by atoms with Crippen LogP contribution in [-0.2, 0) is 9.53 Å². The normalized spacial score (nSPS) is 26.0. The van der Waals surface area contributed by atoms with E-state index in [0.717, 1.165) is 19.3 Å². The van der Waals surface area contributed by atoms with E-state index in [-0.39, 0.29) is 0 Å². The summed E-state index contributed by atoms with van der Waals surface area (Å²) in [4.78, 5) is 23.3. The minimum absolute atomic E-state index is 0.404. The molecule has 2 amide bonds. The Hall–Kier alpha value is -1.30. The van der Waals surface area contributed by atoms with E-state index in [0.29, 0.717) is 38.3 Å². The highest BCUT2D eigenvalue weighted by atomic mass is 16.5. The van der Waals surface area contributed by atoms with Crippen LogP contribution in [0.1, 0.15) is 45.4 Å². The summed E-state index contributed by atoms with van der Waals surface area (Å²) in [6.07, 6.45) is 4.50. The van der Waals surface area contributed by atoms with Crippen LogP contribution in [0.25, 0.3) is 0 Å². The van der Waals surface area contributed by atoms with Gasteiger partial charge in [-0.15, -0.1) is 0 Å². The van der Waals surface area contributed by atoms with Crippen LogP contribution in [-0.4, -0.2) is 42.9 Å². The van der Waals surface area contributed by atoms with Gasteiger partial charge >= 0.3 is 12.0 Å². The molecule has 0 spiro atoms. The summed E-state index contributed by atoms with van der Waals surface area (Å²) in [5.41, 5.74) is -1.10. The van der Waals surface area contributed by atoms with Crippen molar-refractivity contribution in [3.63, 3.8) is 0 Å². The SMILES string of the molecule is CCC1CCC(NC(=O)NCCCOC)(C(=O)O)CC1. The van der Waals surface area contributed by atoms with E-state index in [4.69, 9.17) is 4.74 Å². The van der Waals surface area contributed by atoms with E-state index >= 15 is 0 Å². The molecular weight excluding hydrogens is 260 g/mol. The highest BCUT2D eigenvalue weighted by Crippen LogP contribution is 2.33. The molecule has 20 heavy (non-hydrogen) atoms. The van der Waals surface area contributed by atoms with Gasteiger partial charge in [0.2, 0.25) is 0 Å². The van der Waals surface area contributed by atoms with Crippen molar-refractivity contribution in [3.05, 3.63) is 0 Å². The average Bonchev–Trinajstić information content (AvgIpc) is 2.44. The number of carbonyl (C=O) groups excluding carboxylic acids is 1. The smallest absolute Gasteiger partial charge is 0.329 e. The lowest BCUT2D eigenvalue weighted by molar-refractivity contribution is -0.146. The van der Waals surface area contributed by atoms with E-state index in [1.165, 1.54) is 0 Å². The van der Waals surface area contributed by atoms with Gasteiger partial charge in [-0.05, 0) is 38.0 Å². The molecule has 6 nitrogen and oxygen atoms in total. The van der Waals surface area contributed by atoms with Crippen molar-refractivity contribution < 1.29 is 19.4 Å². The summed E-state index contributed by atoms with van der Waals surface area (Å²) < 4.78 is 4.89. The first-order chi connectivity index (χ1) is 9.54. The first kappa shape index (κ1) is 16.8. The zero-order chi connectivity index (χ0) is 15.0. The maximum absolute atomic E-state index is 11.8. The predicted octanol–water partition coefficient (Wildman–Crippen LogP) is 1.75. The largest absolute Gasteiger partial charge is 0.480 e. The Balaban J connectivity index is 2.47. The van der Waals surface area contributed by atoms with Crippen LogP contribution in [0.15, 0.2) is 0 Å². The number of carboxylic acids is 1. The Labute approximate surface area is 120 Å². The van der Waals surface area contributed by atoms with Crippen LogP contribution < -0.4 is 10.6 Å². The molecule has 1 saturated carbocycles. The van der Waals surface area contributed by atoms with E-state index in [1.54, 1.807) is 7.11 Å². The third-order valence-electron chi connectivity index (χ3n) is 4.11. The van der Waals surface area contributed by atoms with Gasteiger partial charge in [0.25, 0.3) is 0 Å². The molecule has 0 bridgehead atoms. The molecule has 0 unspecified atom stereocenters. The zero-order valence-electron chi connectivity index (χ0n) is 12.4. The lowest BCUT2D eigenvalue weighted by Crippen LogP contribution is -2.58. The topological polar surface area (TPSA) is 87.7 Å².